The van der Waals surface area contributed by atoms with Crippen LogP contribution in [0.3, 0.4) is 0 Å². The van der Waals surface area contributed by atoms with E-state index in [4.69, 9.17) is 9.47 Å². The van der Waals surface area contributed by atoms with Crippen molar-refractivity contribution in [3.63, 3.8) is 0 Å². The topological polar surface area (TPSA) is 155 Å². The molecule has 3 amide bonds. The zero-order chi connectivity index (χ0) is 33.1. The number of sulfonamides is 1. The third kappa shape index (κ3) is 9.40. The van der Waals surface area contributed by atoms with Crippen LogP contribution in [0.1, 0.15) is 18.1 Å². The van der Waals surface area contributed by atoms with E-state index in [-0.39, 0.29) is 29.0 Å². The van der Waals surface area contributed by atoms with Crippen molar-refractivity contribution >= 4 is 51.0 Å². The van der Waals surface area contributed by atoms with Crippen LogP contribution in [-0.2, 0) is 24.4 Å². The fraction of sp³-hybridized carbons (Fsp3) is 0.152. The van der Waals surface area contributed by atoms with Crippen molar-refractivity contribution in [1.29, 1.82) is 0 Å². The average molecular weight is 644 g/mol. The van der Waals surface area contributed by atoms with Gasteiger partial charge in [-0.2, -0.15) is 5.10 Å². The maximum atomic E-state index is 13.6. The largest absolute Gasteiger partial charge is 0.497 e. The Morgan fingerprint density at radius 2 is 1.37 bits per heavy atom. The number of benzene rings is 4. The first-order valence-corrected chi connectivity index (χ1v) is 15.4. The fourth-order valence-electron chi connectivity index (χ4n) is 4.08. The molecule has 4 aromatic carbocycles. The molecule has 0 aliphatic rings. The van der Waals surface area contributed by atoms with Crippen LogP contribution in [0.15, 0.2) is 107 Å². The van der Waals surface area contributed by atoms with Gasteiger partial charge in [-0.3, -0.25) is 18.7 Å². The van der Waals surface area contributed by atoms with Crippen molar-refractivity contribution < 1.29 is 32.3 Å². The molecule has 0 aliphatic heterocycles. The number of nitrogens with one attached hydrogen (secondary N) is 3. The van der Waals surface area contributed by atoms with E-state index in [1.165, 1.54) is 56.6 Å². The first kappa shape index (κ1) is 33.2. The zero-order valence-electron chi connectivity index (χ0n) is 25.4. The summed E-state index contributed by atoms with van der Waals surface area (Å²) in [6.07, 6.45) is 1.39. The van der Waals surface area contributed by atoms with Crippen LogP contribution >= 0.6 is 0 Å². The highest BCUT2D eigenvalue weighted by Gasteiger charge is 2.27. The molecule has 13 heteroatoms. The Labute approximate surface area is 267 Å². The van der Waals surface area contributed by atoms with E-state index in [1.54, 1.807) is 36.4 Å². The van der Waals surface area contributed by atoms with Crippen molar-refractivity contribution in [3.8, 4) is 11.5 Å². The summed E-state index contributed by atoms with van der Waals surface area (Å²) < 4.78 is 38.9. The SMILES string of the molecule is COc1ccc(N(CC(=O)N/N=C\c2ccc(OCC(=O)Nc3ccc(C)cc3)cc2)S(=O)(=O)c2ccc(NC(C)=O)cc2)cc1. The molecule has 46 heavy (non-hydrogen) atoms. The van der Waals surface area contributed by atoms with Crippen molar-refractivity contribution in [2.24, 2.45) is 5.10 Å². The highest BCUT2D eigenvalue weighted by molar-refractivity contribution is 7.92. The van der Waals surface area contributed by atoms with Crippen LogP contribution in [0, 0.1) is 6.92 Å². The number of hydrogen-bond donors (Lipinski definition) is 3. The van der Waals surface area contributed by atoms with E-state index in [0.29, 0.717) is 28.4 Å². The van der Waals surface area contributed by atoms with Crippen LogP contribution in [-0.4, -0.2) is 52.6 Å². The molecule has 0 saturated heterocycles. The van der Waals surface area contributed by atoms with Crippen LogP contribution < -0.4 is 29.8 Å². The second-order valence-corrected chi connectivity index (χ2v) is 11.8. The molecule has 238 valence electrons. The summed E-state index contributed by atoms with van der Waals surface area (Å²) in [5.74, 6) is -0.312. The molecule has 0 heterocycles. The second-order valence-electron chi connectivity index (χ2n) is 9.98. The number of methoxy groups -OCH3 is 1. The molecular formula is C33H33N5O7S. The van der Waals surface area contributed by atoms with Gasteiger partial charge in [0.05, 0.1) is 23.9 Å². The second kappa shape index (κ2) is 15.3. The number of carbonyl (C=O) groups excluding carboxylic acids is 3. The minimum atomic E-state index is -4.20. The number of rotatable bonds is 13. The van der Waals surface area contributed by atoms with Gasteiger partial charge in [-0.25, -0.2) is 13.8 Å². The first-order chi connectivity index (χ1) is 22.0. The lowest BCUT2D eigenvalue weighted by molar-refractivity contribution is -0.119. The number of ether oxygens (including phenoxy) is 2. The Balaban J connectivity index is 1.37. The summed E-state index contributed by atoms with van der Waals surface area (Å²) in [5.41, 5.74) is 5.40. The fourth-order valence-corrected chi connectivity index (χ4v) is 5.50. The molecule has 4 aromatic rings. The number of anilines is 3. The van der Waals surface area contributed by atoms with Gasteiger partial charge in [0.15, 0.2) is 6.61 Å². The molecule has 0 unspecified atom stereocenters. The van der Waals surface area contributed by atoms with Gasteiger partial charge < -0.3 is 20.1 Å². The molecule has 0 atom stereocenters. The van der Waals surface area contributed by atoms with E-state index in [1.807, 2.05) is 31.2 Å². The maximum absolute atomic E-state index is 13.6. The van der Waals surface area contributed by atoms with Gasteiger partial charge in [-0.1, -0.05) is 17.7 Å². The quantitative estimate of drug-likeness (QED) is 0.145. The predicted molar refractivity (Wildman–Crippen MR) is 176 cm³/mol. The number of hydrazone groups is 1. The van der Waals surface area contributed by atoms with Crippen LogP contribution in [0.25, 0.3) is 0 Å². The Hall–Kier alpha value is -5.69. The highest BCUT2D eigenvalue weighted by Crippen LogP contribution is 2.26. The number of nitrogens with zero attached hydrogens (tertiary/aromatic N) is 2. The van der Waals surface area contributed by atoms with E-state index in [2.05, 4.69) is 21.2 Å². The summed E-state index contributed by atoms with van der Waals surface area (Å²) in [6.45, 7) is 2.56. The van der Waals surface area contributed by atoms with Gasteiger partial charge in [0, 0.05) is 18.3 Å². The van der Waals surface area contributed by atoms with Gasteiger partial charge in [-0.05, 0) is 97.4 Å². The number of carbonyl (C=O) groups is 3. The number of aryl methyl sites for hydroxylation is 1. The minimum Gasteiger partial charge on any atom is -0.497 e. The minimum absolute atomic E-state index is 0.0799. The van der Waals surface area contributed by atoms with Crippen molar-refractivity contribution in [1.82, 2.24) is 5.43 Å². The molecule has 0 aromatic heterocycles. The van der Waals surface area contributed by atoms with Crippen molar-refractivity contribution in [2.75, 3.05) is 35.2 Å². The normalized spacial score (nSPS) is 11.0. The smallest absolute Gasteiger partial charge is 0.264 e. The van der Waals surface area contributed by atoms with Gasteiger partial charge >= 0.3 is 0 Å². The Morgan fingerprint density at radius 3 is 1.98 bits per heavy atom. The van der Waals surface area contributed by atoms with Crippen LogP contribution in [0.2, 0.25) is 0 Å². The average Bonchev–Trinajstić information content (AvgIpc) is 3.04. The molecule has 3 N–H and O–H groups in total. The lowest BCUT2D eigenvalue weighted by Gasteiger charge is -2.24. The molecule has 4 rings (SSSR count). The van der Waals surface area contributed by atoms with E-state index < -0.39 is 22.5 Å². The first-order valence-electron chi connectivity index (χ1n) is 14.0. The van der Waals surface area contributed by atoms with Gasteiger partial charge in [0.25, 0.3) is 21.8 Å². The maximum Gasteiger partial charge on any atom is 0.264 e. The molecule has 0 fully saturated rings. The van der Waals surface area contributed by atoms with Gasteiger partial charge in [0.1, 0.15) is 18.0 Å². The third-order valence-corrected chi connectivity index (χ3v) is 8.19. The molecule has 0 radical (unpaired) electrons. The summed E-state index contributed by atoms with van der Waals surface area (Å²) in [6, 6.07) is 25.9. The molecule has 12 nitrogen and oxygen atoms in total. The monoisotopic (exact) mass is 643 g/mol. The van der Waals surface area contributed by atoms with E-state index >= 15 is 0 Å². The lowest BCUT2D eigenvalue weighted by Crippen LogP contribution is -2.39. The highest BCUT2D eigenvalue weighted by atomic mass is 32.2. The van der Waals surface area contributed by atoms with Gasteiger partial charge in [0.2, 0.25) is 5.91 Å². The van der Waals surface area contributed by atoms with Crippen LogP contribution in [0.5, 0.6) is 11.5 Å². The van der Waals surface area contributed by atoms with Crippen LogP contribution in [0.4, 0.5) is 17.1 Å². The Bertz CT molecular complexity index is 1790. The van der Waals surface area contributed by atoms with E-state index in [0.717, 1.165) is 9.87 Å². The molecule has 0 aliphatic carbocycles. The standard InChI is InChI=1S/C33H33N5O7S/c1-23-4-8-27(9-5-23)36-33(41)22-45-30-14-6-25(7-15-30)20-34-37-32(40)21-38(28-12-16-29(44-3)17-13-28)46(42,43)31-18-10-26(11-19-31)35-24(2)39/h4-20H,21-22H2,1-3H3,(H,35,39)(H,36,41)(H,37,40)/b34-20-. The predicted octanol–water partition coefficient (Wildman–Crippen LogP) is 4.33. The summed E-state index contributed by atoms with van der Waals surface area (Å²) in [7, 11) is -2.72. The summed E-state index contributed by atoms with van der Waals surface area (Å²) >= 11 is 0. The molecular weight excluding hydrogens is 610 g/mol. The Kier molecular flexibility index (Phi) is 11.1. The summed E-state index contributed by atoms with van der Waals surface area (Å²) in [4.78, 5) is 36.3. The number of hydrogen-bond acceptors (Lipinski definition) is 8. The van der Waals surface area contributed by atoms with Crippen molar-refractivity contribution in [2.45, 2.75) is 18.7 Å². The lowest BCUT2D eigenvalue weighted by atomic mass is 10.2. The molecule has 0 saturated carbocycles. The van der Waals surface area contributed by atoms with Gasteiger partial charge in [-0.15, -0.1) is 0 Å². The molecule has 0 bridgehead atoms. The Morgan fingerprint density at radius 1 is 0.783 bits per heavy atom. The third-order valence-electron chi connectivity index (χ3n) is 6.40. The zero-order valence-corrected chi connectivity index (χ0v) is 26.2. The summed E-state index contributed by atoms with van der Waals surface area (Å²) in [5, 5.41) is 9.30. The van der Waals surface area contributed by atoms with E-state index in [9.17, 15) is 22.8 Å². The van der Waals surface area contributed by atoms with Crippen molar-refractivity contribution in [3.05, 3.63) is 108 Å². The number of amides is 3. The molecule has 0 spiro atoms.